The molecule has 1 saturated heterocycles. The van der Waals surface area contributed by atoms with Crippen LogP contribution in [0.5, 0.6) is 0 Å². The van der Waals surface area contributed by atoms with Crippen molar-refractivity contribution in [2.75, 3.05) is 19.7 Å². The van der Waals surface area contributed by atoms with Crippen molar-refractivity contribution in [2.45, 2.75) is 78.5 Å². The molecule has 19 heavy (non-hydrogen) atoms. The van der Waals surface area contributed by atoms with Gasteiger partial charge in [-0.1, -0.05) is 34.6 Å². The van der Waals surface area contributed by atoms with E-state index in [2.05, 4.69) is 39.5 Å². The van der Waals surface area contributed by atoms with Gasteiger partial charge >= 0.3 is 0 Å². The molecule has 2 N–H and O–H groups in total. The fourth-order valence-electron chi connectivity index (χ4n) is 3.32. The standard InChI is InChI=1S/C16H34N2O/c1-6-11-19-13-9-8-10-18(12-13)15(14(17)7-2)16(3,4)5/h13-15H,6-12,17H2,1-5H3. The maximum absolute atomic E-state index is 6.40. The molecule has 0 saturated carbocycles. The van der Waals surface area contributed by atoms with E-state index < -0.39 is 0 Å². The van der Waals surface area contributed by atoms with Crippen LogP contribution in [0.25, 0.3) is 0 Å². The van der Waals surface area contributed by atoms with Crippen LogP contribution in [0.15, 0.2) is 0 Å². The van der Waals surface area contributed by atoms with Crippen LogP contribution in [0.4, 0.5) is 0 Å². The van der Waals surface area contributed by atoms with Crippen molar-refractivity contribution in [1.29, 1.82) is 0 Å². The van der Waals surface area contributed by atoms with Gasteiger partial charge in [0.25, 0.3) is 0 Å². The lowest BCUT2D eigenvalue weighted by atomic mass is 9.79. The van der Waals surface area contributed by atoms with E-state index in [-0.39, 0.29) is 11.5 Å². The van der Waals surface area contributed by atoms with Crippen LogP contribution in [-0.4, -0.2) is 42.8 Å². The predicted molar refractivity (Wildman–Crippen MR) is 82.3 cm³/mol. The van der Waals surface area contributed by atoms with Crippen LogP contribution in [0, 0.1) is 5.41 Å². The number of piperidine rings is 1. The summed E-state index contributed by atoms with van der Waals surface area (Å²) in [7, 11) is 0. The van der Waals surface area contributed by atoms with Crippen molar-refractivity contribution in [3.63, 3.8) is 0 Å². The normalized spacial score (nSPS) is 25.3. The molecular weight excluding hydrogens is 236 g/mol. The Balaban J connectivity index is 2.68. The Morgan fingerprint density at radius 3 is 2.53 bits per heavy atom. The van der Waals surface area contributed by atoms with E-state index >= 15 is 0 Å². The maximum Gasteiger partial charge on any atom is 0.0702 e. The molecule has 3 atom stereocenters. The van der Waals surface area contributed by atoms with E-state index in [0.29, 0.717) is 12.1 Å². The van der Waals surface area contributed by atoms with Crippen LogP contribution >= 0.6 is 0 Å². The average Bonchev–Trinajstić information content (AvgIpc) is 2.35. The van der Waals surface area contributed by atoms with Gasteiger partial charge in [-0.15, -0.1) is 0 Å². The van der Waals surface area contributed by atoms with Crippen LogP contribution in [0.2, 0.25) is 0 Å². The van der Waals surface area contributed by atoms with E-state index in [1.165, 1.54) is 19.4 Å². The Morgan fingerprint density at radius 1 is 1.32 bits per heavy atom. The van der Waals surface area contributed by atoms with E-state index in [1.807, 2.05) is 0 Å². The highest BCUT2D eigenvalue weighted by Gasteiger charge is 2.36. The first-order valence-electron chi connectivity index (χ1n) is 8.01. The fraction of sp³-hybridized carbons (Fsp3) is 1.00. The summed E-state index contributed by atoms with van der Waals surface area (Å²) in [5.74, 6) is 0. The third-order valence-electron chi connectivity index (χ3n) is 4.12. The Labute approximate surface area is 119 Å². The summed E-state index contributed by atoms with van der Waals surface area (Å²) < 4.78 is 5.96. The van der Waals surface area contributed by atoms with E-state index in [9.17, 15) is 0 Å². The first-order valence-corrected chi connectivity index (χ1v) is 8.01. The maximum atomic E-state index is 6.40. The fourth-order valence-corrected chi connectivity index (χ4v) is 3.32. The molecule has 3 heteroatoms. The molecule has 1 aliphatic rings. The van der Waals surface area contributed by atoms with E-state index in [4.69, 9.17) is 10.5 Å². The van der Waals surface area contributed by atoms with Gasteiger partial charge in [-0.2, -0.15) is 0 Å². The topological polar surface area (TPSA) is 38.5 Å². The summed E-state index contributed by atoms with van der Waals surface area (Å²) in [6, 6.07) is 0.704. The molecule has 0 aromatic heterocycles. The van der Waals surface area contributed by atoms with Crippen molar-refractivity contribution in [1.82, 2.24) is 4.90 Å². The average molecular weight is 270 g/mol. The lowest BCUT2D eigenvalue weighted by Crippen LogP contribution is -2.58. The molecule has 0 aromatic carbocycles. The number of nitrogens with two attached hydrogens (primary N) is 1. The molecule has 114 valence electrons. The lowest BCUT2D eigenvalue weighted by Gasteiger charge is -2.46. The second-order valence-corrected chi connectivity index (χ2v) is 7.01. The summed E-state index contributed by atoms with van der Waals surface area (Å²) in [4.78, 5) is 2.58. The van der Waals surface area contributed by atoms with Gasteiger partial charge in [-0.05, 0) is 37.6 Å². The lowest BCUT2D eigenvalue weighted by molar-refractivity contribution is -0.0349. The van der Waals surface area contributed by atoms with Gasteiger partial charge in [0.2, 0.25) is 0 Å². The predicted octanol–water partition coefficient (Wildman–Crippen LogP) is 3.03. The molecule has 1 fully saturated rings. The molecule has 0 aromatic rings. The zero-order chi connectivity index (χ0) is 14.5. The zero-order valence-corrected chi connectivity index (χ0v) is 13.6. The van der Waals surface area contributed by atoms with Crippen molar-refractivity contribution in [3.05, 3.63) is 0 Å². The molecule has 0 spiro atoms. The van der Waals surface area contributed by atoms with Crippen LogP contribution < -0.4 is 5.73 Å². The van der Waals surface area contributed by atoms with Crippen molar-refractivity contribution >= 4 is 0 Å². The third-order valence-corrected chi connectivity index (χ3v) is 4.12. The highest BCUT2D eigenvalue weighted by molar-refractivity contribution is 4.93. The molecule has 3 unspecified atom stereocenters. The van der Waals surface area contributed by atoms with Gasteiger partial charge < -0.3 is 10.5 Å². The highest BCUT2D eigenvalue weighted by Crippen LogP contribution is 2.30. The molecule has 1 aliphatic heterocycles. The summed E-state index contributed by atoms with van der Waals surface area (Å²) in [5, 5.41) is 0. The molecule has 1 rings (SSSR count). The van der Waals surface area contributed by atoms with Gasteiger partial charge in [-0.3, -0.25) is 4.90 Å². The number of ether oxygens (including phenoxy) is 1. The number of hydrogen-bond donors (Lipinski definition) is 1. The molecule has 0 aliphatic carbocycles. The highest BCUT2D eigenvalue weighted by atomic mass is 16.5. The number of rotatable bonds is 6. The number of hydrogen-bond acceptors (Lipinski definition) is 3. The zero-order valence-electron chi connectivity index (χ0n) is 13.6. The number of likely N-dealkylation sites (tertiary alicyclic amines) is 1. The summed E-state index contributed by atoms with van der Waals surface area (Å²) >= 11 is 0. The van der Waals surface area contributed by atoms with Gasteiger partial charge in [0, 0.05) is 25.2 Å². The molecular formula is C16H34N2O. The minimum Gasteiger partial charge on any atom is -0.377 e. The van der Waals surface area contributed by atoms with Crippen LogP contribution in [0.3, 0.4) is 0 Å². The summed E-state index contributed by atoms with van der Waals surface area (Å²) in [5.41, 5.74) is 6.62. The van der Waals surface area contributed by atoms with Crippen LogP contribution in [0.1, 0.15) is 60.3 Å². The Morgan fingerprint density at radius 2 is 2.00 bits per heavy atom. The first kappa shape index (κ1) is 16.9. The summed E-state index contributed by atoms with van der Waals surface area (Å²) in [6.07, 6.45) is 4.99. The third kappa shape index (κ3) is 5.05. The van der Waals surface area contributed by atoms with Gasteiger partial charge in [0.15, 0.2) is 0 Å². The Kier molecular flexibility index (Phi) is 6.78. The summed E-state index contributed by atoms with van der Waals surface area (Å²) in [6.45, 7) is 14.4. The second-order valence-electron chi connectivity index (χ2n) is 7.01. The van der Waals surface area contributed by atoms with E-state index in [1.54, 1.807) is 0 Å². The van der Waals surface area contributed by atoms with Crippen molar-refractivity contribution in [2.24, 2.45) is 11.1 Å². The SMILES string of the molecule is CCCOC1CCCN(C(C(N)CC)C(C)(C)C)C1. The Hall–Kier alpha value is -0.120. The van der Waals surface area contributed by atoms with Gasteiger partial charge in [0.1, 0.15) is 0 Å². The number of nitrogens with zero attached hydrogens (tertiary/aromatic N) is 1. The monoisotopic (exact) mass is 270 g/mol. The molecule has 0 amide bonds. The first-order chi connectivity index (χ1) is 8.90. The molecule has 0 radical (unpaired) electrons. The quantitative estimate of drug-likeness (QED) is 0.806. The van der Waals surface area contributed by atoms with Crippen molar-refractivity contribution in [3.8, 4) is 0 Å². The van der Waals surface area contributed by atoms with Crippen molar-refractivity contribution < 1.29 is 4.74 Å². The van der Waals surface area contributed by atoms with Gasteiger partial charge in [-0.25, -0.2) is 0 Å². The van der Waals surface area contributed by atoms with E-state index in [0.717, 1.165) is 26.0 Å². The second kappa shape index (κ2) is 7.61. The minimum atomic E-state index is 0.224. The molecule has 1 heterocycles. The van der Waals surface area contributed by atoms with Crippen LogP contribution in [-0.2, 0) is 4.74 Å². The van der Waals surface area contributed by atoms with Gasteiger partial charge in [0.05, 0.1) is 6.10 Å². The molecule has 3 nitrogen and oxygen atoms in total. The minimum absolute atomic E-state index is 0.224. The Bertz CT molecular complexity index is 250. The smallest absolute Gasteiger partial charge is 0.0702 e. The molecule has 0 bridgehead atoms. The largest absolute Gasteiger partial charge is 0.377 e.